The summed E-state index contributed by atoms with van der Waals surface area (Å²) in [5.41, 5.74) is 6.17. The van der Waals surface area contributed by atoms with Crippen molar-refractivity contribution in [2.24, 2.45) is 5.41 Å². The van der Waals surface area contributed by atoms with Crippen molar-refractivity contribution in [1.82, 2.24) is 0 Å². The smallest absolute Gasteiger partial charge is 0.338 e. The van der Waals surface area contributed by atoms with Crippen molar-refractivity contribution in [3.05, 3.63) is 76.4 Å². The summed E-state index contributed by atoms with van der Waals surface area (Å²) in [5, 5.41) is 0. The molecule has 1 aliphatic rings. The Hall–Kier alpha value is -2.35. The van der Waals surface area contributed by atoms with Gasteiger partial charge in [0.25, 0.3) is 0 Å². The maximum Gasteiger partial charge on any atom is 0.338 e. The van der Waals surface area contributed by atoms with Crippen LogP contribution in [0.4, 0.5) is 0 Å². The molecule has 156 valence electrons. The first-order valence-electron chi connectivity index (χ1n) is 10.8. The van der Waals surface area contributed by atoms with E-state index in [4.69, 9.17) is 4.74 Å². The Morgan fingerprint density at radius 1 is 1.17 bits per heavy atom. The highest BCUT2D eigenvalue weighted by Gasteiger charge is 2.26. The predicted molar refractivity (Wildman–Crippen MR) is 124 cm³/mol. The maximum absolute atomic E-state index is 11.9. The molecule has 0 saturated carbocycles. The highest BCUT2D eigenvalue weighted by atomic mass is 16.5. The van der Waals surface area contributed by atoms with Crippen LogP contribution in [0, 0.1) is 5.41 Å². The zero-order valence-corrected chi connectivity index (χ0v) is 18.8. The van der Waals surface area contributed by atoms with Gasteiger partial charge < -0.3 is 4.74 Å². The van der Waals surface area contributed by atoms with Crippen molar-refractivity contribution in [3.8, 4) is 0 Å². The second-order valence-electron chi connectivity index (χ2n) is 8.65. The molecule has 1 aromatic rings. The van der Waals surface area contributed by atoms with Gasteiger partial charge in [-0.2, -0.15) is 0 Å². The molecule has 0 aliphatic heterocycles. The number of carbonyl (C=O) groups excluding carboxylic acids is 1. The van der Waals surface area contributed by atoms with Gasteiger partial charge in [0.15, 0.2) is 0 Å². The molecule has 1 aromatic carbocycles. The summed E-state index contributed by atoms with van der Waals surface area (Å²) in [6.45, 7) is 11.7. The first kappa shape index (κ1) is 22.9. The fraction of sp³-hybridized carbons (Fsp3) is 0.444. The second kappa shape index (κ2) is 11.0. The van der Waals surface area contributed by atoms with Crippen LogP contribution in [0.5, 0.6) is 0 Å². The summed E-state index contributed by atoms with van der Waals surface area (Å²) in [7, 11) is 0. The minimum Gasteiger partial charge on any atom is -0.462 e. The molecule has 0 unspecified atom stereocenters. The molecule has 2 heteroatoms. The Kier molecular flexibility index (Phi) is 8.70. The van der Waals surface area contributed by atoms with E-state index < -0.39 is 0 Å². The van der Waals surface area contributed by atoms with Crippen molar-refractivity contribution in [2.45, 2.75) is 66.7 Å². The number of hydrogen-bond acceptors (Lipinski definition) is 2. The van der Waals surface area contributed by atoms with Crippen LogP contribution < -0.4 is 0 Å². The van der Waals surface area contributed by atoms with Crippen LogP contribution in [0.2, 0.25) is 0 Å². The minimum atomic E-state index is -0.245. The number of esters is 1. The van der Waals surface area contributed by atoms with Gasteiger partial charge in [-0.25, -0.2) is 4.79 Å². The molecule has 0 N–H and O–H groups in total. The quantitative estimate of drug-likeness (QED) is 0.257. The van der Waals surface area contributed by atoms with Gasteiger partial charge in [0.05, 0.1) is 12.2 Å². The van der Waals surface area contributed by atoms with Crippen molar-refractivity contribution in [2.75, 3.05) is 6.61 Å². The number of ether oxygens (including phenoxy) is 1. The number of rotatable bonds is 8. The van der Waals surface area contributed by atoms with Gasteiger partial charge in [0.2, 0.25) is 0 Å². The van der Waals surface area contributed by atoms with Crippen LogP contribution in [0.3, 0.4) is 0 Å². The van der Waals surface area contributed by atoms with E-state index in [1.807, 2.05) is 24.3 Å². The minimum absolute atomic E-state index is 0.245. The molecule has 0 radical (unpaired) electrons. The zero-order chi connectivity index (χ0) is 21.3. The molecule has 0 bridgehead atoms. The molecule has 0 saturated heterocycles. The largest absolute Gasteiger partial charge is 0.462 e. The van der Waals surface area contributed by atoms with Crippen molar-refractivity contribution in [3.63, 3.8) is 0 Å². The van der Waals surface area contributed by atoms with E-state index in [0.29, 0.717) is 12.2 Å². The van der Waals surface area contributed by atoms with Crippen molar-refractivity contribution in [1.29, 1.82) is 0 Å². The lowest BCUT2D eigenvalue weighted by Gasteiger charge is -2.32. The lowest BCUT2D eigenvalue weighted by molar-refractivity contribution is 0.0499. The molecule has 0 spiro atoms. The predicted octanol–water partition coefficient (Wildman–Crippen LogP) is 7.69. The van der Waals surface area contributed by atoms with Gasteiger partial charge in [0, 0.05) is 0 Å². The normalized spacial score (nSPS) is 17.3. The fourth-order valence-corrected chi connectivity index (χ4v) is 3.71. The van der Waals surface area contributed by atoms with Gasteiger partial charge in [-0.05, 0) is 68.2 Å². The number of allylic oxidation sites excluding steroid dienone is 7. The second-order valence-corrected chi connectivity index (χ2v) is 8.65. The topological polar surface area (TPSA) is 26.3 Å². The van der Waals surface area contributed by atoms with Gasteiger partial charge in [-0.15, -0.1) is 0 Å². The molecule has 0 atom stereocenters. The van der Waals surface area contributed by atoms with Gasteiger partial charge in [-0.1, -0.05) is 80.9 Å². The van der Waals surface area contributed by atoms with E-state index >= 15 is 0 Å². The zero-order valence-electron chi connectivity index (χ0n) is 18.8. The first-order chi connectivity index (χ1) is 13.8. The van der Waals surface area contributed by atoms with E-state index in [0.717, 1.165) is 18.4 Å². The molecular weight excluding hydrogens is 356 g/mol. The van der Waals surface area contributed by atoms with Gasteiger partial charge >= 0.3 is 5.97 Å². The summed E-state index contributed by atoms with van der Waals surface area (Å²) in [5.74, 6) is -0.245. The summed E-state index contributed by atoms with van der Waals surface area (Å²) in [6, 6.07) is 7.55. The molecule has 0 heterocycles. The lowest BCUT2D eigenvalue weighted by atomic mass is 9.72. The molecule has 1 aliphatic carbocycles. The average molecular weight is 393 g/mol. The average Bonchev–Trinajstić information content (AvgIpc) is 2.67. The summed E-state index contributed by atoms with van der Waals surface area (Å²) < 4.78 is 5.24. The third-order valence-electron chi connectivity index (χ3n) is 5.58. The van der Waals surface area contributed by atoms with Crippen LogP contribution in [-0.4, -0.2) is 12.6 Å². The van der Waals surface area contributed by atoms with E-state index in [-0.39, 0.29) is 11.4 Å². The van der Waals surface area contributed by atoms with E-state index in [1.54, 1.807) is 0 Å². The molecule has 2 rings (SSSR count). The number of benzene rings is 1. The Morgan fingerprint density at radius 2 is 1.90 bits per heavy atom. The molecular formula is C27H36O2. The Morgan fingerprint density at radius 3 is 2.55 bits per heavy atom. The van der Waals surface area contributed by atoms with Crippen LogP contribution in [0.1, 0.15) is 82.6 Å². The standard InChI is InChI=1S/C27H36O2/c1-6-7-20-29-26(28)24-16-14-23(15-17-24)12-8-10-21(2)13-18-25-22(3)11-9-19-27(25,4)5/h8,10,12-18H,6-7,9,11,19-20H2,1-5H3/b12-8+,18-13+,21-10+. The molecule has 0 aromatic heterocycles. The summed E-state index contributed by atoms with van der Waals surface area (Å²) >= 11 is 0. The van der Waals surface area contributed by atoms with Crippen molar-refractivity contribution < 1.29 is 9.53 Å². The highest BCUT2D eigenvalue weighted by Crippen LogP contribution is 2.40. The van der Waals surface area contributed by atoms with Gasteiger partial charge in [0.1, 0.15) is 0 Å². The first-order valence-corrected chi connectivity index (χ1v) is 10.8. The Bertz CT molecular complexity index is 801. The molecule has 0 amide bonds. The summed E-state index contributed by atoms with van der Waals surface area (Å²) in [4.78, 5) is 11.9. The maximum atomic E-state index is 11.9. The lowest BCUT2D eigenvalue weighted by Crippen LogP contribution is -2.19. The molecule has 2 nitrogen and oxygen atoms in total. The van der Waals surface area contributed by atoms with Crippen LogP contribution in [0.15, 0.2) is 65.3 Å². The Labute approximate surface area is 177 Å². The number of unbranched alkanes of at least 4 members (excludes halogenated alkanes) is 1. The molecule has 0 fully saturated rings. The number of hydrogen-bond donors (Lipinski definition) is 0. The van der Waals surface area contributed by atoms with Crippen LogP contribution in [0.25, 0.3) is 6.08 Å². The molecule has 29 heavy (non-hydrogen) atoms. The highest BCUT2D eigenvalue weighted by molar-refractivity contribution is 5.89. The van der Waals surface area contributed by atoms with E-state index in [2.05, 4.69) is 65.0 Å². The van der Waals surface area contributed by atoms with E-state index in [1.165, 1.54) is 36.0 Å². The monoisotopic (exact) mass is 392 g/mol. The third-order valence-corrected chi connectivity index (χ3v) is 5.58. The van der Waals surface area contributed by atoms with Crippen LogP contribution in [-0.2, 0) is 4.74 Å². The summed E-state index contributed by atoms with van der Waals surface area (Å²) in [6.07, 6.45) is 16.4. The number of carbonyl (C=O) groups is 1. The third kappa shape index (κ3) is 7.20. The fourth-order valence-electron chi connectivity index (χ4n) is 3.71. The van der Waals surface area contributed by atoms with Crippen LogP contribution >= 0.6 is 0 Å². The van der Waals surface area contributed by atoms with E-state index in [9.17, 15) is 4.79 Å². The SMILES string of the molecule is CCCCOC(=O)c1ccc(/C=C/C=C(C)/C=C/C2=C(C)CCCC2(C)C)cc1. The Balaban J connectivity index is 1.96. The van der Waals surface area contributed by atoms with Gasteiger partial charge in [-0.3, -0.25) is 0 Å². The van der Waals surface area contributed by atoms with Crippen molar-refractivity contribution >= 4 is 12.0 Å².